The monoisotopic (exact) mass is 467 g/mol. The number of nitrogens with one attached hydrogen (secondary N) is 2. The molecule has 0 saturated carbocycles. The second-order valence-electron chi connectivity index (χ2n) is 8.43. The van der Waals surface area contributed by atoms with Crippen molar-refractivity contribution in [3.63, 3.8) is 0 Å². The first-order valence-corrected chi connectivity index (χ1v) is 12.6. The molecule has 2 aromatic rings. The molecule has 2 rings (SSSR count). The zero-order chi connectivity index (χ0) is 23.4. The third-order valence-electron chi connectivity index (χ3n) is 4.54. The van der Waals surface area contributed by atoms with Crippen LogP contribution in [0.15, 0.2) is 58.3 Å². The Morgan fingerprint density at radius 2 is 1.32 bits per heavy atom. The Kier molecular flexibility index (Phi) is 7.64. The first kappa shape index (κ1) is 25.0. The Bertz CT molecular complexity index is 1120. The van der Waals surface area contributed by atoms with Crippen molar-refractivity contribution in [3.8, 4) is 0 Å². The van der Waals surface area contributed by atoms with Crippen LogP contribution in [0.3, 0.4) is 0 Å². The molecule has 0 aliphatic heterocycles. The minimum Gasteiger partial charge on any atom is -0.308 e. The van der Waals surface area contributed by atoms with Crippen LogP contribution in [-0.2, 0) is 25.5 Å². The number of rotatable bonds is 8. The lowest BCUT2D eigenvalue weighted by molar-refractivity contribution is 0.0981. The first-order valence-electron chi connectivity index (χ1n) is 9.64. The van der Waals surface area contributed by atoms with Crippen molar-refractivity contribution in [1.82, 2.24) is 14.3 Å². The fourth-order valence-corrected chi connectivity index (χ4v) is 4.64. The van der Waals surface area contributed by atoms with Gasteiger partial charge in [0, 0.05) is 18.7 Å². The molecule has 0 aliphatic carbocycles. The summed E-state index contributed by atoms with van der Waals surface area (Å²) in [4.78, 5) is 14.0. The normalized spacial score (nSPS) is 12.7. The van der Waals surface area contributed by atoms with E-state index in [0.29, 0.717) is 6.54 Å². The summed E-state index contributed by atoms with van der Waals surface area (Å²) in [6.07, 6.45) is 0. The molecular weight excluding hydrogens is 438 g/mol. The summed E-state index contributed by atoms with van der Waals surface area (Å²) in [5, 5.41) is 0. The van der Waals surface area contributed by atoms with E-state index in [1.165, 1.54) is 12.1 Å². The van der Waals surface area contributed by atoms with E-state index >= 15 is 0 Å². The topological polar surface area (TPSA) is 113 Å². The van der Waals surface area contributed by atoms with Crippen LogP contribution in [0.4, 0.5) is 0 Å². The van der Waals surface area contributed by atoms with Crippen LogP contribution in [0.1, 0.15) is 36.7 Å². The highest BCUT2D eigenvalue weighted by Gasteiger charge is 2.21. The van der Waals surface area contributed by atoms with E-state index < -0.39 is 26.0 Å². The van der Waals surface area contributed by atoms with Crippen LogP contribution >= 0.6 is 0 Å². The second-order valence-corrected chi connectivity index (χ2v) is 11.9. The molecule has 0 heterocycles. The number of carbonyl (C=O) groups is 1. The number of benzene rings is 2. The van der Waals surface area contributed by atoms with Gasteiger partial charge in [-0.3, -0.25) is 4.79 Å². The minimum absolute atomic E-state index is 0.0608. The summed E-state index contributed by atoms with van der Waals surface area (Å²) < 4.78 is 54.1. The number of likely N-dealkylation sites (N-methyl/N-ethyl adjacent to an activating group) is 1. The molecule has 10 heteroatoms. The van der Waals surface area contributed by atoms with Gasteiger partial charge in [0.2, 0.25) is 10.0 Å². The molecule has 0 bridgehead atoms. The van der Waals surface area contributed by atoms with Gasteiger partial charge in [-0.25, -0.2) is 26.3 Å². The van der Waals surface area contributed by atoms with Crippen molar-refractivity contribution in [1.29, 1.82) is 0 Å². The van der Waals surface area contributed by atoms with Crippen LogP contribution in [-0.4, -0.2) is 54.8 Å². The maximum Gasteiger partial charge on any atom is 0.264 e. The third-order valence-corrected chi connectivity index (χ3v) is 7.36. The summed E-state index contributed by atoms with van der Waals surface area (Å²) in [5.74, 6) is -0.762. The molecule has 8 nitrogen and oxygen atoms in total. The van der Waals surface area contributed by atoms with Crippen LogP contribution in [0.2, 0.25) is 0 Å². The minimum atomic E-state index is -4.16. The molecule has 2 aromatic carbocycles. The maximum atomic E-state index is 12.5. The average Bonchev–Trinajstić information content (AvgIpc) is 2.66. The number of nitrogens with zero attached hydrogens (tertiary/aromatic N) is 1. The Balaban J connectivity index is 2.12. The van der Waals surface area contributed by atoms with Crippen molar-refractivity contribution in [2.75, 3.05) is 27.2 Å². The third kappa shape index (κ3) is 6.86. The Morgan fingerprint density at radius 1 is 0.839 bits per heavy atom. The highest BCUT2D eigenvalue weighted by Crippen LogP contribution is 2.22. The lowest BCUT2D eigenvalue weighted by atomic mass is 9.87. The van der Waals surface area contributed by atoms with E-state index in [1.54, 1.807) is 24.3 Å². The van der Waals surface area contributed by atoms with Crippen molar-refractivity contribution in [2.24, 2.45) is 0 Å². The first-order chi connectivity index (χ1) is 14.2. The second kappa shape index (κ2) is 9.47. The molecule has 31 heavy (non-hydrogen) atoms. The number of sulfonamides is 2. The van der Waals surface area contributed by atoms with Gasteiger partial charge in [0.1, 0.15) is 0 Å². The lowest BCUT2D eigenvalue weighted by Gasteiger charge is -2.19. The molecule has 0 atom stereocenters. The fraction of sp³-hybridized carbons (Fsp3) is 0.381. The number of hydrogen-bond acceptors (Lipinski definition) is 6. The van der Waals surface area contributed by atoms with Crippen LogP contribution in [0, 0.1) is 0 Å². The van der Waals surface area contributed by atoms with E-state index in [1.807, 2.05) is 44.5 Å². The van der Waals surface area contributed by atoms with Gasteiger partial charge in [-0.05, 0) is 61.5 Å². The van der Waals surface area contributed by atoms with E-state index in [2.05, 4.69) is 4.72 Å². The van der Waals surface area contributed by atoms with E-state index in [-0.39, 0.29) is 27.3 Å². The smallest absolute Gasteiger partial charge is 0.264 e. The fourth-order valence-electron chi connectivity index (χ4n) is 2.65. The van der Waals surface area contributed by atoms with E-state index in [0.717, 1.165) is 17.7 Å². The van der Waals surface area contributed by atoms with Gasteiger partial charge < -0.3 is 4.90 Å². The standard InChI is InChI=1S/C21H29N3O5S2/c1-21(2,3)17-8-6-16(7-9-17)20(25)23-31(28,29)19-12-10-18(11-13-19)30(26,27)22-14-15-24(4)5/h6-13,22H,14-15H2,1-5H3,(H,23,25). The zero-order valence-electron chi connectivity index (χ0n) is 18.3. The molecule has 0 unspecified atom stereocenters. The molecule has 0 saturated heterocycles. The van der Waals surface area contributed by atoms with Crippen molar-refractivity contribution < 1.29 is 21.6 Å². The predicted octanol–water partition coefficient (Wildman–Crippen LogP) is 1.94. The SMILES string of the molecule is CN(C)CCNS(=O)(=O)c1ccc(S(=O)(=O)NC(=O)c2ccc(C(C)(C)C)cc2)cc1. The number of hydrogen-bond donors (Lipinski definition) is 2. The lowest BCUT2D eigenvalue weighted by Crippen LogP contribution is -2.32. The summed E-state index contributed by atoms with van der Waals surface area (Å²) in [5.41, 5.74) is 1.13. The van der Waals surface area contributed by atoms with Gasteiger partial charge in [-0.1, -0.05) is 32.9 Å². The molecule has 0 aliphatic rings. The Labute approximate surface area is 184 Å². The van der Waals surface area contributed by atoms with Crippen molar-refractivity contribution in [3.05, 3.63) is 59.7 Å². The van der Waals surface area contributed by atoms with Crippen molar-refractivity contribution in [2.45, 2.75) is 36.0 Å². The molecular formula is C21H29N3O5S2. The maximum absolute atomic E-state index is 12.5. The molecule has 2 N–H and O–H groups in total. The zero-order valence-corrected chi connectivity index (χ0v) is 20.0. The highest BCUT2D eigenvalue weighted by atomic mass is 32.2. The van der Waals surface area contributed by atoms with Gasteiger partial charge in [0.15, 0.2) is 0 Å². The largest absolute Gasteiger partial charge is 0.308 e. The molecule has 1 amide bonds. The molecule has 0 spiro atoms. The molecule has 170 valence electrons. The highest BCUT2D eigenvalue weighted by molar-refractivity contribution is 7.90. The molecule has 0 fully saturated rings. The van der Waals surface area contributed by atoms with Crippen LogP contribution < -0.4 is 9.44 Å². The van der Waals surface area contributed by atoms with Gasteiger partial charge in [0.05, 0.1) is 9.79 Å². The van der Waals surface area contributed by atoms with Crippen LogP contribution in [0.25, 0.3) is 0 Å². The van der Waals surface area contributed by atoms with E-state index in [4.69, 9.17) is 0 Å². The summed E-state index contributed by atoms with van der Waals surface area (Å²) in [7, 11) is -4.28. The summed E-state index contributed by atoms with van der Waals surface area (Å²) in [6.45, 7) is 6.85. The quantitative estimate of drug-likeness (QED) is 0.614. The van der Waals surface area contributed by atoms with Gasteiger partial charge in [-0.2, -0.15) is 0 Å². The Hall–Kier alpha value is -2.27. The number of carbonyl (C=O) groups excluding carboxylic acids is 1. The molecule has 0 radical (unpaired) electrons. The van der Waals surface area contributed by atoms with Gasteiger partial charge in [0.25, 0.3) is 15.9 Å². The van der Waals surface area contributed by atoms with E-state index in [9.17, 15) is 21.6 Å². The summed E-state index contributed by atoms with van der Waals surface area (Å²) in [6, 6.07) is 11.4. The van der Waals surface area contributed by atoms with Crippen LogP contribution in [0.5, 0.6) is 0 Å². The average molecular weight is 468 g/mol. The molecule has 0 aromatic heterocycles. The predicted molar refractivity (Wildman–Crippen MR) is 120 cm³/mol. The van der Waals surface area contributed by atoms with Crippen molar-refractivity contribution >= 4 is 26.0 Å². The number of amides is 1. The van der Waals surface area contributed by atoms with Gasteiger partial charge >= 0.3 is 0 Å². The summed E-state index contributed by atoms with van der Waals surface area (Å²) >= 11 is 0. The Morgan fingerprint density at radius 3 is 1.77 bits per heavy atom. The van der Waals surface area contributed by atoms with Gasteiger partial charge in [-0.15, -0.1) is 0 Å².